The Kier molecular flexibility index (Phi) is 6.67. The van der Waals surface area contributed by atoms with Crippen LogP contribution >= 0.6 is 0 Å². The molecule has 1 aliphatic heterocycles. The van der Waals surface area contributed by atoms with E-state index in [1.54, 1.807) is 0 Å². The van der Waals surface area contributed by atoms with Gasteiger partial charge in [-0.15, -0.1) is 0 Å². The number of hydrogen-bond acceptors (Lipinski definition) is 5. The van der Waals surface area contributed by atoms with Crippen LogP contribution in [0.15, 0.2) is 47.4 Å². The number of carbonyl (C=O) groups is 2. The van der Waals surface area contributed by atoms with Crippen molar-refractivity contribution in [2.24, 2.45) is 0 Å². The summed E-state index contributed by atoms with van der Waals surface area (Å²) in [5.74, 6) is -5.37. The second-order valence-corrected chi connectivity index (χ2v) is 11.6. The Morgan fingerprint density at radius 1 is 1.19 bits per heavy atom. The molecule has 1 heterocycles. The minimum Gasteiger partial charge on any atom is -0.387 e. The van der Waals surface area contributed by atoms with Crippen LogP contribution in [0.2, 0.25) is 0 Å². The van der Waals surface area contributed by atoms with Gasteiger partial charge in [-0.3, -0.25) is 9.59 Å². The zero-order chi connectivity index (χ0) is 26.5. The number of likely N-dealkylation sites (tertiary alicyclic amines) is 1. The number of rotatable bonds is 7. The molecule has 2 N–H and O–H groups in total. The number of hydrogen-bond donors (Lipinski definition) is 2. The molecule has 2 amide bonds. The monoisotopic (exact) mass is 524 g/mol. The summed E-state index contributed by atoms with van der Waals surface area (Å²) in [4.78, 5) is 27.7. The van der Waals surface area contributed by atoms with Crippen LogP contribution in [0.4, 0.5) is 13.2 Å². The van der Waals surface area contributed by atoms with Gasteiger partial charge in [0.2, 0.25) is 5.91 Å². The summed E-state index contributed by atoms with van der Waals surface area (Å²) in [6.45, 7) is 0.899. The van der Waals surface area contributed by atoms with Crippen LogP contribution in [0.5, 0.6) is 0 Å². The minimum atomic E-state index is -3.54. The van der Waals surface area contributed by atoms with Gasteiger partial charge in [0.15, 0.2) is 9.84 Å². The van der Waals surface area contributed by atoms with Gasteiger partial charge < -0.3 is 15.3 Å². The highest BCUT2D eigenvalue weighted by Gasteiger charge is 2.51. The number of benzene rings is 2. The summed E-state index contributed by atoms with van der Waals surface area (Å²) in [7, 11) is -3.54. The van der Waals surface area contributed by atoms with Gasteiger partial charge in [-0.25, -0.2) is 21.6 Å². The third kappa shape index (κ3) is 5.27. The summed E-state index contributed by atoms with van der Waals surface area (Å²) >= 11 is 0. The van der Waals surface area contributed by atoms with E-state index in [1.807, 2.05) is 0 Å². The third-order valence-corrected chi connectivity index (χ3v) is 7.84. The Balaban J connectivity index is 1.57. The van der Waals surface area contributed by atoms with E-state index in [4.69, 9.17) is 0 Å². The van der Waals surface area contributed by atoms with Crippen LogP contribution in [-0.2, 0) is 20.6 Å². The molecule has 2 aromatic rings. The lowest BCUT2D eigenvalue weighted by atomic mass is 9.96. The number of nitrogens with zero attached hydrogens (tertiary/aromatic N) is 1. The lowest BCUT2D eigenvalue weighted by Gasteiger charge is -2.29. The van der Waals surface area contributed by atoms with E-state index < -0.39 is 56.6 Å². The van der Waals surface area contributed by atoms with Crippen LogP contribution in [0.25, 0.3) is 0 Å². The highest BCUT2D eigenvalue weighted by Crippen LogP contribution is 2.47. The molecule has 4 rings (SSSR count). The number of alkyl halides is 2. The van der Waals surface area contributed by atoms with E-state index >= 15 is 0 Å². The molecule has 0 spiro atoms. The van der Waals surface area contributed by atoms with Crippen LogP contribution in [0.1, 0.15) is 60.1 Å². The Morgan fingerprint density at radius 3 is 2.47 bits per heavy atom. The lowest BCUT2D eigenvalue weighted by Crippen LogP contribution is -2.49. The largest absolute Gasteiger partial charge is 0.387 e. The Morgan fingerprint density at radius 2 is 1.89 bits per heavy atom. The highest BCUT2D eigenvalue weighted by molar-refractivity contribution is 7.90. The fraction of sp³-hybridized carbons (Fsp3) is 0.440. The molecule has 0 radical (unpaired) electrons. The molecule has 2 fully saturated rings. The van der Waals surface area contributed by atoms with Gasteiger partial charge in [-0.2, -0.15) is 0 Å². The van der Waals surface area contributed by atoms with E-state index in [0.29, 0.717) is 25.8 Å². The van der Waals surface area contributed by atoms with Crippen LogP contribution < -0.4 is 5.32 Å². The molecule has 0 aromatic heterocycles. The molecule has 2 atom stereocenters. The van der Waals surface area contributed by atoms with Gasteiger partial charge in [0, 0.05) is 36.4 Å². The topological polar surface area (TPSA) is 104 Å². The van der Waals surface area contributed by atoms with Crippen LogP contribution in [-0.4, -0.2) is 54.7 Å². The second kappa shape index (κ2) is 9.19. The quantitative estimate of drug-likeness (QED) is 0.579. The molecule has 0 unspecified atom stereocenters. The zero-order valence-electron chi connectivity index (χ0n) is 19.8. The van der Waals surface area contributed by atoms with E-state index in [0.717, 1.165) is 18.4 Å². The van der Waals surface area contributed by atoms with Crippen molar-refractivity contribution in [3.8, 4) is 0 Å². The lowest BCUT2D eigenvalue weighted by molar-refractivity contribution is -0.126. The molecule has 1 saturated carbocycles. The molecule has 194 valence electrons. The summed E-state index contributed by atoms with van der Waals surface area (Å²) < 4.78 is 65.9. The minimum absolute atomic E-state index is 0.0267. The number of halogens is 3. The molecule has 0 bridgehead atoms. The zero-order valence-corrected chi connectivity index (χ0v) is 20.6. The maximum atomic E-state index is 14.9. The fourth-order valence-corrected chi connectivity index (χ4v) is 5.17. The summed E-state index contributed by atoms with van der Waals surface area (Å²) in [5.41, 5.74) is -1.96. The van der Waals surface area contributed by atoms with Gasteiger partial charge in [0.1, 0.15) is 11.9 Å². The van der Waals surface area contributed by atoms with Crippen LogP contribution in [0.3, 0.4) is 0 Å². The Hall–Kier alpha value is -2.92. The smallest absolute Gasteiger partial charge is 0.270 e. The molecule has 11 heteroatoms. The Bertz CT molecular complexity index is 1310. The van der Waals surface area contributed by atoms with Crippen molar-refractivity contribution in [1.82, 2.24) is 10.2 Å². The van der Waals surface area contributed by atoms with E-state index in [9.17, 15) is 36.3 Å². The number of amides is 2. The number of aliphatic hydroxyl groups is 1. The maximum Gasteiger partial charge on any atom is 0.270 e. The maximum absolute atomic E-state index is 14.9. The summed E-state index contributed by atoms with van der Waals surface area (Å²) in [6.07, 6.45) is 2.43. The first-order valence-electron chi connectivity index (χ1n) is 11.5. The highest BCUT2D eigenvalue weighted by atomic mass is 32.2. The van der Waals surface area contributed by atoms with Crippen molar-refractivity contribution in [2.45, 2.75) is 61.1 Å². The van der Waals surface area contributed by atoms with Crippen molar-refractivity contribution in [3.05, 3.63) is 65.0 Å². The molecule has 2 aliphatic rings. The van der Waals surface area contributed by atoms with E-state index in [2.05, 4.69) is 5.32 Å². The summed E-state index contributed by atoms with van der Waals surface area (Å²) in [5, 5.41) is 13.4. The van der Waals surface area contributed by atoms with Gasteiger partial charge in [-0.1, -0.05) is 18.2 Å². The first-order valence-corrected chi connectivity index (χ1v) is 13.4. The summed E-state index contributed by atoms with van der Waals surface area (Å²) in [6, 6.07) is 6.31. The van der Waals surface area contributed by atoms with E-state index in [-0.39, 0.29) is 35.4 Å². The number of carbonyl (C=O) groups excluding carboxylic acids is 2. The van der Waals surface area contributed by atoms with Crippen molar-refractivity contribution < 1.29 is 36.3 Å². The average Bonchev–Trinajstić information content (AvgIpc) is 3.35. The first kappa shape index (κ1) is 26.2. The molecule has 36 heavy (non-hydrogen) atoms. The molecular weight excluding hydrogens is 497 g/mol. The molecule has 1 aliphatic carbocycles. The Labute approximate surface area is 207 Å². The average molecular weight is 525 g/mol. The van der Waals surface area contributed by atoms with Crippen molar-refractivity contribution in [1.29, 1.82) is 0 Å². The third-order valence-electron chi connectivity index (χ3n) is 6.73. The van der Waals surface area contributed by atoms with Crippen LogP contribution in [0, 0.1) is 5.82 Å². The van der Waals surface area contributed by atoms with Crippen molar-refractivity contribution in [3.63, 3.8) is 0 Å². The van der Waals surface area contributed by atoms with Crippen molar-refractivity contribution >= 4 is 21.7 Å². The van der Waals surface area contributed by atoms with Gasteiger partial charge >= 0.3 is 0 Å². The normalized spacial score (nSPS) is 20.2. The van der Waals surface area contributed by atoms with Gasteiger partial charge in [0.25, 0.3) is 11.8 Å². The second-order valence-electron chi connectivity index (χ2n) is 9.63. The van der Waals surface area contributed by atoms with Gasteiger partial charge in [0.05, 0.1) is 16.5 Å². The van der Waals surface area contributed by atoms with Gasteiger partial charge in [-0.05, 0) is 49.9 Å². The SMILES string of the molecule is CC(F)(F)c1ccc([C@H](NC(=O)[C@H]2CCCN2C(=O)c2cccc(S(C)(=O)=O)c2)C2(O)CC2)c(F)c1. The predicted molar refractivity (Wildman–Crippen MR) is 125 cm³/mol. The number of sulfone groups is 1. The molecule has 7 nitrogen and oxygen atoms in total. The standard InChI is InChI=1S/C25H27F3N2O5S/c1-24(27,28)16-8-9-18(19(26)14-16)21(25(33)10-11-25)29-22(31)20-7-4-12-30(20)23(32)15-5-3-6-17(13-15)36(2,34)35/h3,5-6,8-9,13-14,20-21,33H,4,7,10-12H2,1-2H3,(H,29,31)/t20-,21+/m1/s1. The molecule has 1 saturated heterocycles. The fourth-order valence-electron chi connectivity index (χ4n) is 4.50. The van der Waals surface area contributed by atoms with Crippen molar-refractivity contribution in [2.75, 3.05) is 12.8 Å². The first-order chi connectivity index (χ1) is 16.7. The molecular formula is C25H27F3N2O5S. The predicted octanol–water partition coefficient (Wildman–Crippen LogP) is 3.33. The number of nitrogens with one attached hydrogen (secondary N) is 1. The van der Waals surface area contributed by atoms with E-state index in [1.165, 1.54) is 29.2 Å². The molecule has 2 aromatic carbocycles.